The van der Waals surface area contributed by atoms with E-state index in [0.29, 0.717) is 0 Å². The highest BCUT2D eigenvalue weighted by Gasteiger charge is 2.32. The largest absolute Gasteiger partial charge is 0.417 e. The minimum Gasteiger partial charge on any atom is -0.358 e. The van der Waals surface area contributed by atoms with Crippen LogP contribution >= 0.6 is 15.9 Å². The van der Waals surface area contributed by atoms with E-state index in [0.717, 1.165) is 12.3 Å². The number of halogens is 3. The SMILES string of the molecule is O=[N+]([O-])c1ccn(C(F)(F)Br)n1. The lowest BCUT2D eigenvalue weighted by Crippen LogP contribution is -2.15. The molecular weight excluding hydrogens is 240 g/mol. The summed E-state index contributed by atoms with van der Waals surface area (Å²) in [6.45, 7) is 0. The fourth-order valence-corrected chi connectivity index (χ4v) is 0.750. The molecule has 0 spiro atoms. The van der Waals surface area contributed by atoms with Crippen molar-refractivity contribution >= 4 is 21.7 Å². The van der Waals surface area contributed by atoms with Gasteiger partial charge < -0.3 is 10.1 Å². The van der Waals surface area contributed by atoms with Gasteiger partial charge in [-0.2, -0.15) is 8.78 Å². The van der Waals surface area contributed by atoms with E-state index in [4.69, 9.17) is 0 Å². The average Bonchev–Trinajstić information content (AvgIpc) is 2.30. The third-order valence-corrected chi connectivity index (χ3v) is 1.39. The summed E-state index contributed by atoms with van der Waals surface area (Å²) in [5.74, 6) is -0.617. The van der Waals surface area contributed by atoms with E-state index < -0.39 is 15.7 Å². The van der Waals surface area contributed by atoms with Crippen LogP contribution in [0.1, 0.15) is 0 Å². The highest BCUT2D eigenvalue weighted by atomic mass is 79.9. The van der Waals surface area contributed by atoms with E-state index in [2.05, 4.69) is 5.10 Å². The molecule has 0 atom stereocenters. The number of hydrogen-bond acceptors (Lipinski definition) is 3. The second-order valence-corrected chi connectivity index (χ2v) is 2.80. The molecule has 0 aliphatic heterocycles. The Labute approximate surface area is 73.3 Å². The maximum atomic E-state index is 12.3. The molecule has 1 aromatic heterocycles. The predicted octanol–water partition coefficient (Wildman–Crippen LogP) is 1.69. The Hall–Kier alpha value is -1.05. The second kappa shape index (κ2) is 2.77. The number of nitrogens with zero attached hydrogens (tertiary/aromatic N) is 3. The molecule has 0 bridgehead atoms. The van der Waals surface area contributed by atoms with Crippen molar-refractivity contribution in [1.29, 1.82) is 0 Å². The van der Waals surface area contributed by atoms with E-state index >= 15 is 0 Å². The van der Waals surface area contributed by atoms with Crippen molar-refractivity contribution in [2.75, 3.05) is 0 Å². The first-order valence-electron chi connectivity index (χ1n) is 2.68. The number of hydrogen-bond donors (Lipinski definition) is 0. The summed E-state index contributed by atoms with van der Waals surface area (Å²) in [5, 5.41) is 13.0. The summed E-state index contributed by atoms with van der Waals surface area (Å²) in [6.07, 6.45) is 0.812. The van der Waals surface area contributed by atoms with Crippen LogP contribution in [0.4, 0.5) is 14.6 Å². The monoisotopic (exact) mass is 241 g/mol. The lowest BCUT2D eigenvalue weighted by molar-refractivity contribution is -0.390. The van der Waals surface area contributed by atoms with Crippen LogP contribution in [-0.4, -0.2) is 14.7 Å². The molecule has 1 rings (SSSR count). The van der Waals surface area contributed by atoms with Gasteiger partial charge in [0, 0.05) is 15.9 Å². The Balaban J connectivity index is 3.00. The molecule has 5 nitrogen and oxygen atoms in total. The molecule has 0 radical (unpaired) electrons. The van der Waals surface area contributed by atoms with Crippen LogP contribution in [0, 0.1) is 10.1 Å². The van der Waals surface area contributed by atoms with Crippen molar-refractivity contribution in [3.05, 3.63) is 22.4 Å². The molecule has 12 heavy (non-hydrogen) atoms. The highest BCUT2D eigenvalue weighted by molar-refractivity contribution is 9.09. The van der Waals surface area contributed by atoms with E-state index in [-0.39, 0.29) is 4.68 Å². The third kappa shape index (κ3) is 1.76. The van der Waals surface area contributed by atoms with Crippen LogP contribution in [0.3, 0.4) is 0 Å². The molecule has 0 unspecified atom stereocenters. The lowest BCUT2D eigenvalue weighted by Gasteiger charge is -2.01. The van der Waals surface area contributed by atoms with Gasteiger partial charge in [0.05, 0.1) is 17.4 Å². The molecule has 0 fully saturated rings. The van der Waals surface area contributed by atoms with Crippen molar-refractivity contribution in [3.8, 4) is 0 Å². The zero-order valence-electron chi connectivity index (χ0n) is 5.45. The van der Waals surface area contributed by atoms with Crippen LogP contribution in [0.15, 0.2) is 12.3 Å². The molecule has 0 saturated heterocycles. The van der Waals surface area contributed by atoms with E-state index in [9.17, 15) is 18.9 Å². The van der Waals surface area contributed by atoms with Crippen LogP contribution in [0.2, 0.25) is 0 Å². The van der Waals surface area contributed by atoms with Gasteiger partial charge in [-0.1, -0.05) is 0 Å². The molecule has 0 aromatic carbocycles. The van der Waals surface area contributed by atoms with E-state index in [1.165, 1.54) is 0 Å². The molecule has 0 aliphatic rings. The maximum Gasteiger partial charge on any atom is 0.417 e. The van der Waals surface area contributed by atoms with Gasteiger partial charge in [0.15, 0.2) is 0 Å². The number of aromatic nitrogens is 2. The Bertz CT molecular complexity index is 307. The summed E-state index contributed by atoms with van der Waals surface area (Å²) in [6, 6.07) is 0.884. The molecule has 1 heterocycles. The highest BCUT2D eigenvalue weighted by Crippen LogP contribution is 2.27. The van der Waals surface area contributed by atoms with Crippen molar-refractivity contribution in [3.63, 3.8) is 0 Å². The van der Waals surface area contributed by atoms with Crippen molar-refractivity contribution in [2.24, 2.45) is 0 Å². The second-order valence-electron chi connectivity index (χ2n) is 1.84. The quantitative estimate of drug-likeness (QED) is 0.450. The number of nitro groups is 1. The maximum absolute atomic E-state index is 12.3. The van der Waals surface area contributed by atoms with Gasteiger partial charge in [-0.25, -0.2) is 0 Å². The molecule has 8 heteroatoms. The summed E-state index contributed by atoms with van der Waals surface area (Å²) in [4.78, 5) is 5.77. The van der Waals surface area contributed by atoms with Crippen LogP contribution in [0.25, 0.3) is 0 Å². The lowest BCUT2D eigenvalue weighted by atomic mass is 10.7. The topological polar surface area (TPSA) is 61.0 Å². The Morgan fingerprint density at radius 3 is 2.58 bits per heavy atom. The van der Waals surface area contributed by atoms with Crippen LogP contribution < -0.4 is 0 Å². The van der Waals surface area contributed by atoms with Gasteiger partial charge in [-0.3, -0.25) is 0 Å². The minimum atomic E-state index is -3.39. The zero-order valence-corrected chi connectivity index (χ0v) is 7.03. The zero-order chi connectivity index (χ0) is 9.35. The Morgan fingerprint density at radius 2 is 2.33 bits per heavy atom. The molecule has 0 N–H and O–H groups in total. The number of alkyl halides is 3. The van der Waals surface area contributed by atoms with Gasteiger partial charge >= 0.3 is 10.8 Å². The van der Waals surface area contributed by atoms with E-state index in [1.54, 1.807) is 0 Å². The van der Waals surface area contributed by atoms with Gasteiger partial charge in [0.25, 0.3) is 0 Å². The Kier molecular flexibility index (Phi) is 2.09. The summed E-state index contributed by atoms with van der Waals surface area (Å²) < 4.78 is 24.8. The summed E-state index contributed by atoms with van der Waals surface area (Å²) >= 11 is 1.99. The van der Waals surface area contributed by atoms with Crippen molar-refractivity contribution in [1.82, 2.24) is 9.78 Å². The van der Waals surface area contributed by atoms with E-state index in [1.807, 2.05) is 15.9 Å². The molecule has 66 valence electrons. The van der Waals surface area contributed by atoms with Gasteiger partial charge in [-0.15, -0.1) is 4.68 Å². The molecule has 1 aromatic rings. The molecule has 0 amide bonds. The fourth-order valence-electron chi connectivity index (χ4n) is 0.553. The van der Waals surface area contributed by atoms with Gasteiger partial charge in [0.2, 0.25) is 0 Å². The Morgan fingerprint density at radius 1 is 1.75 bits per heavy atom. The van der Waals surface area contributed by atoms with Crippen molar-refractivity contribution in [2.45, 2.75) is 4.96 Å². The first-order valence-corrected chi connectivity index (χ1v) is 3.48. The van der Waals surface area contributed by atoms with Crippen LogP contribution in [0.5, 0.6) is 0 Å². The average molecular weight is 242 g/mol. The summed E-state index contributed by atoms with van der Waals surface area (Å²) in [5.41, 5.74) is 0. The predicted molar refractivity (Wildman–Crippen MR) is 38.0 cm³/mol. The van der Waals surface area contributed by atoms with Crippen molar-refractivity contribution < 1.29 is 13.7 Å². The fraction of sp³-hybridized carbons (Fsp3) is 0.250. The van der Waals surface area contributed by atoms with Gasteiger partial charge in [0.1, 0.15) is 0 Å². The third-order valence-electron chi connectivity index (χ3n) is 1.02. The molecular formula is C4H2BrF2N3O2. The smallest absolute Gasteiger partial charge is 0.358 e. The first kappa shape index (κ1) is 9.04. The molecule has 0 aliphatic carbocycles. The standard InChI is InChI=1S/C4H2BrF2N3O2/c5-4(6,7)9-2-1-3(8-9)10(11)12/h1-2H. The van der Waals surface area contributed by atoms with Crippen LogP contribution in [-0.2, 0) is 4.96 Å². The minimum absolute atomic E-state index is 0.158. The van der Waals surface area contributed by atoms with Gasteiger partial charge in [-0.05, 0) is 4.92 Å². The summed E-state index contributed by atoms with van der Waals surface area (Å²) in [7, 11) is 0. The molecule has 0 saturated carbocycles. The number of rotatable bonds is 2. The normalized spacial score (nSPS) is 11.6. The first-order chi connectivity index (χ1) is 5.41.